The van der Waals surface area contributed by atoms with Crippen LogP contribution in [0.1, 0.15) is 24.8 Å². The van der Waals surface area contributed by atoms with Gasteiger partial charge in [-0.1, -0.05) is 17.9 Å². The molecule has 0 aromatic heterocycles. The molecule has 1 aliphatic rings. The summed E-state index contributed by atoms with van der Waals surface area (Å²) in [6.45, 7) is 1.09. The molecule has 1 fully saturated rings. The molecular formula is C14H15FO2. The molecule has 0 N–H and O–H groups in total. The summed E-state index contributed by atoms with van der Waals surface area (Å²) in [5, 5.41) is 0. The van der Waals surface area contributed by atoms with Crippen molar-refractivity contribution < 1.29 is 13.9 Å². The first-order chi connectivity index (χ1) is 8.34. The molecule has 0 spiro atoms. The zero-order chi connectivity index (χ0) is 11.9. The van der Waals surface area contributed by atoms with Crippen molar-refractivity contribution in [3.8, 4) is 11.8 Å². The lowest BCUT2D eigenvalue weighted by molar-refractivity contribution is -0.154. The summed E-state index contributed by atoms with van der Waals surface area (Å²) in [6.07, 6.45) is 3.06. The molecule has 0 bridgehead atoms. The van der Waals surface area contributed by atoms with Crippen LogP contribution in [0.5, 0.6) is 0 Å². The molecule has 2 rings (SSSR count). The van der Waals surface area contributed by atoms with Crippen LogP contribution >= 0.6 is 0 Å². The van der Waals surface area contributed by atoms with Gasteiger partial charge in [0.15, 0.2) is 6.29 Å². The smallest absolute Gasteiger partial charge is 0.158 e. The number of rotatable bonds is 2. The topological polar surface area (TPSA) is 18.5 Å². The molecule has 1 aromatic carbocycles. The predicted molar refractivity (Wildman–Crippen MR) is 62.8 cm³/mol. The summed E-state index contributed by atoms with van der Waals surface area (Å²) in [6, 6.07) is 6.22. The monoisotopic (exact) mass is 234 g/mol. The van der Waals surface area contributed by atoms with Gasteiger partial charge in [-0.3, -0.25) is 0 Å². The van der Waals surface area contributed by atoms with Gasteiger partial charge in [0.25, 0.3) is 0 Å². The minimum atomic E-state index is -0.270. The lowest BCUT2D eigenvalue weighted by Crippen LogP contribution is -2.22. The van der Waals surface area contributed by atoms with Gasteiger partial charge in [-0.25, -0.2) is 4.39 Å². The molecule has 1 unspecified atom stereocenters. The maximum absolute atomic E-state index is 12.8. The molecule has 90 valence electrons. The van der Waals surface area contributed by atoms with Crippen LogP contribution < -0.4 is 0 Å². The number of benzene rings is 1. The minimum absolute atomic E-state index is 0.120. The Balaban J connectivity index is 1.78. The van der Waals surface area contributed by atoms with Crippen LogP contribution in [0.2, 0.25) is 0 Å². The molecule has 0 aliphatic carbocycles. The van der Waals surface area contributed by atoms with Crippen LogP contribution in [0.25, 0.3) is 0 Å². The van der Waals surface area contributed by atoms with Gasteiger partial charge in [0.2, 0.25) is 0 Å². The fourth-order valence-corrected chi connectivity index (χ4v) is 1.68. The SMILES string of the molecule is Fc1cccc(C#CCOC2CCCCO2)c1. The van der Waals surface area contributed by atoms with Gasteiger partial charge in [-0.05, 0) is 37.5 Å². The van der Waals surface area contributed by atoms with E-state index in [4.69, 9.17) is 9.47 Å². The van der Waals surface area contributed by atoms with Crippen molar-refractivity contribution >= 4 is 0 Å². The first-order valence-corrected chi connectivity index (χ1v) is 5.82. The molecular weight excluding hydrogens is 219 g/mol. The van der Waals surface area contributed by atoms with E-state index in [9.17, 15) is 4.39 Å². The van der Waals surface area contributed by atoms with Crippen LogP contribution in [0, 0.1) is 17.7 Å². The summed E-state index contributed by atoms with van der Waals surface area (Å²) in [5.74, 6) is 5.44. The highest BCUT2D eigenvalue weighted by atomic mass is 19.1. The third-order valence-electron chi connectivity index (χ3n) is 2.54. The second-order valence-electron chi connectivity index (χ2n) is 3.92. The molecule has 0 radical (unpaired) electrons. The zero-order valence-electron chi connectivity index (χ0n) is 9.62. The van der Waals surface area contributed by atoms with E-state index < -0.39 is 0 Å². The largest absolute Gasteiger partial charge is 0.353 e. The zero-order valence-corrected chi connectivity index (χ0v) is 9.62. The maximum Gasteiger partial charge on any atom is 0.158 e. The molecule has 1 atom stereocenters. The molecule has 2 nitrogen and oxygen atoms in total. The van der Waals surface area contributed by atoms with Gasteiger partial charge in [-0.15, -0.1) is 0 Å². The Morgan fingerprint density at radius 2 is 2.35 bits per heavy atom. The fourth-order valence-electron chi connectivity index (χ4n) is 1.68. The van der Waals surface area contributed by atoms with E-state index in [-0.39, 0.29) is 12.1 Å². The summed E-state index contributed by atoms with van der Waals surface area (Å²) < 4.78 is 23.7. The van der Waals surface area contributed by atoms with Gasteiger partial charge >= 0.3 is 0 Å². The Kier molecular flexibility index (Phi) is 4.54. The van der Waals surface area contributed by atoms with Crippen molar-refractivity contribution in [2.75, 3.05) is 13.2 Å². The fraction of sp³-hybridized carbons (Fsp3) is 0.429. The second-order valence-corrected chi connectivity index (χ2v) is 3.92. The highest BCUT2D eigenvalue weighted by Crippen LogP contribution is 2.13. The van der Waals surface area contributed by atoms with E-state index in [1.54, 1.807) is 12.1 Å². The van der Waals surface area contributed by atoms with Crippen molar-refractivity contribution in [2.24, 2.45) is 0 Å². The van der Waals surface area contributed by atoms with Crippen molar-refractivity contribution in [3.05, 3.63) is 35.6 Å². The summed E-state index contributed by atoms with van der Waals surface area (Å²) >= 11 is 0. The van der Waals surface area contributed by atoms with E-state index in [1.807, 2.05) is 0 Å². The second kappa shape index (κ2) is 6.39. The predicted octanol–water partition coefficient (Wildman–Crippen LogP) is 2.72. The Bertz CT molecular complexity index is 414. The Morgan fingerprint density at radius 1 is 1.41 bits per heavy atom. The van der Waals surface area contributed by atoms with Gasteiger partial charge < -0.3 is 9.47 Å². The highest BCUT2D eigenvalue weighted by molar-refractivity contribution is 5.34. The summed E-state index contributed by atoms with van der Waals surface area (Å²) in [7, 11) is 0. The van der Waals surface area contributed by atoms with Crippen LogP contribution in [-0.2, 0) is 9.47 Å². The van der Waals surface area contributed by atoms with Gasteiger partial charge in [-0.2, -0.15) is 0 Å². The minimum Gasteiger partial charge on any atom is -0.353 e. The lowest BCUT2D eigenvalue weighted by atomic mass is 10.2. The van der Waals surface area contributed by atoms with Gasteiger partial charge in [0.05, 0.1) is 0 Å². The van der Waals surface area contributed by atoms with Gasteiger partial charge in [0.1, 0.15) is 12.4 Å². The van der Waals surface area contributed by atoms with E-state index in [0.717, 1.165) is 25.9 Å². The number of halogens is 1. The van der Waals surface area contributed by atoms with Crippen LogP contribution in [0.4, 0.5) is 4.39 Å². The third-order valence-corrected chi connectivity index (χ3v) is 2.54. The van der Waals surface area contributed by atoms with Crippen molar-refractivity contribution in [1.82, 2.24) is 0 Å². The molecule has 1 saturated heterocycles. The molecule has 0 amide bonds. The number of ether oxygens (including phenoxy) is 2. The van der Waals surface area contributed by atoms with Crippen LogP contribution in [0.3, 0.4) is 0 Å². The lowest BCUT2D eigenvalue weighted by Gasteiger charge is -2.21. The quantitative estimate of drug-likeness (QED) is 0.732. The molecule has 1 heterocycles. The average Bonchev–Trinajstić information content (AvgIpc) is 2.36. The van der Waals surface area contributed by atoms with Crippen LogP contribution in [0.15, 0.2) is 24.3 Å². The van der Waals surface area contributed by atoms with E-state index >= 15 is 0 Å². The highest BCUT2D eigenvalue weighted by Gasteiger charge is 2.12. The number of hydrogen-bond acceptors (Lipinski definition) is 2. The van der Waals surface area contributed by atoms with E-state index in [0.29, 0.717) is 12.2 Å². The average molecular weight is 234 g/mol. The first kappa shape index (κ1) is 12.1. The maximum atomic E-state index is 12.8. The molecule has 3 heteroatoms. The first-order valence-electron chi connectivity index (χ1n) is 5.82. The normalized spacial score (nSPS) is 19.5. The van der Waals surface area contributed by atoms with Crippen molar-refractivity contribution in [3.63, 3.8) is 0 Å². The molecule has 1 aromatic rings. The Labute approximate surface area is 101 Å². The standard InChI is InChI=1S/C14H15FO2/c15-13-7-3-5-12(11-13)6-4-10-17-14-8-1-2-9-16-14/h3,5,7,11,14H,1-2,8-10H2. The Hall–Kier alpha value is -1.37. The third kappa shape index (κ3) is 4.18. The summed E-state index contributed by atoms with van der Waals surface area (Å²) in [5.41, 5.74) is 0.665. The Morgan fingerprint density at radius 3 is 3.12 bits per heavy atom. The van der Waals surface area contributed by atoms with E-state index in [1.165, 1.54) is 12.1 Å². The molecule has 17 heavy (non-hydrogen) atoms. The van der Waals surface area contributed by atoms with E-state index in [2.05, 4.69) is 11.8 Å². The van der Waals surface area contributed by atoms with Crippen molar-refractivity contribution in [2.45, 2.75) is 25.6 Å². The number of hydrogen-bond donors (Lipinski definition) is 0. The molecule has 0 saturated carbocycles. The van der Waals surface area contributed by atoms with Crippen LogP contribution in [-0.4, -0.2) is 19.5 Å². The van der Waals surface area contributed by atoms with Gasteiger partial charge in [0, 0.05) is 12.2 Å². The molecule has 1 aliphatic heterocycles. The van der Waals surface area contributed by atoms with Crippen molar-refractivity contribution in [1.29, 1.82) is 0 Å². The summed E-state index contributed by atoms with van der Waals surface area (Å²) in [4.78, 5) is 0.